The number of nitrogens with one attached hydrogen (secondary N) is 1. The van der Waals surface area contributed by atoms with Crippen molar-refractivity contribution in [3.8, 4) is 0 Å². The Morgan fingerprint density at radius 2 is 2.50 bits per heavy atom. The summed E-state index contributed by atoms with van der Waals surface area (Å²) in [6.07, 6.45) is 0. The minimum Gasteiger partial charge on any atom is -0.338 e. The maximum atomic E-state index is 5.35. The van der Waals surface area contributed by atoms with Crippen LogP contribution in [0.4, 0.5) is 0 Å². The van der Waals surface area contributed by atoms with E-state index in [0.717, 1.165) is 24.0 Å². The van der Waals surface area contributed by atoms with Crippen LogP contribution in [0.1, 0.15) is 6.92 Å². The standard InChI is InChI=1S/C7H16N4S/c1-6-5-12-4-3-11(6)7(9-2)10-8/h6H,3-5,8H2,1-2H3,(H,9,10). The molecule has 0 saturated carbocycles. The van der Waals surface area contributed by atoms with Crippen LogP contribution >= 0.6 is 11.8 Å². The van der Waals surface area contributed by atoms with E-state index in [9.17, 15) is 0 Å². The molecule has 0 aromatic carbocycles. The molecule has 3 N–H and O–H groups in total. The second-order valence-corrected chi connectivity index (χ2v) is 3.96. The molecule has 0 bridgehead atoms. The first-order valence-corrected chi connectivity index (χ1v) is 5.23. The van der Waals surface area contributed by atoms with E-state index in [-0.39, 0.29) is 0 Å². The molecule has 0 amide bonds. The van der Waals surface area contributed by atoms with Gasteiger partial charge in [0.2, 0.25) is 5.96 Å². The number of nitrogens with zero attached hydrogens (tertiary/aromatic N) is 2. The van der Waals surface area contributed by atoms with Crippen molar-refractivity contribution in [2.45, 2.75) is 13.0 Å². The summed E-state index contributed by atoms with van der Waals surface area (Å²) in [6.45, 7) is 3.22. The predicted octanol–water partition coefficient (Wildman–Crippen LogP) is -0.127. The average Bonchev–Trinajstić information content (AvgIpc) is 2.10. The Morgan fingerprint density at radius 1 is 1.75 bits per heavy atom. The zero-order chi connectivity index (χ0) is 8.97. The number of aliphatic imine (C=N–C) groups is 1. The first kappa shape index (κ1) is 9.67. The van der Waals surface area contributed by atoms with Gasteiger partial charge in [-0.05, 0) is 6.92 Å². The van der Waals surface area contributed by atoms with Gasteiger partial charge in [0.15, 0.2) is 0 Å². The summed E-state index contributed by atoms with van der Waals surface area (Å²) in [5.74, 6) is 8.45. The number of hydrogen-bond acceptors (Lipinski definition) is 3. The van der Waals surface area contributed by atoms with E-state index in [1.807, 2.05) is 11.8 Å². The molecule has 1 heterocycles. The van der Waals surface area contributed by atoms with Crippen molar-refractivity contribution in [1.82, 2.24) is 10.3 Å². The van der Waals surface area contributed by atoms with Crippen molar-refractivity contribution < 1.29 is 0 Å². The highest BCUT2D eigenvalue weighted by atomic mass is 32.2. The largest absolute Gasteiger partial charge is 0.338 e. The van der Waals surface area contributed by atoms with Gasteiger partial charge in [-0.1, -0.05) is 0 Å². The highest BCUT2D eigenvalue weighted by Gasteiger charge is 2.20. The molecule has 1 unspecified atom stereocenters. The molecule has 0 aromatic rings. The van der Waals surface area contributed by atoms with Crippen LogP contribution in [0.5, 0.6) is 0 Å². The Kier molecular flexibility index (Phi) is 3.68. The third kappa shape index (κ3) is 2.04. The molecule has 1 aliphatic heterocycles. The highest BCUT2D eigenvalue weighted by molar-refractivity contribution is 7.99. The number of rotatable bonds is 0. The van der Waals surface area contributed by atoms with Gasteiger partial charge in [-0.2, -0.15) is 11.8 Å². The van der Waals surface area contributed by atoms with Crippen LogP contribution in [0.15, 0.2) is 4.99 Å². The molecule has 0 spiro atoms. The van der Waals surface area contributed by atoms with E-state index in [1.54, 1.807) is 7.05 Å². The highest BCUT2D eigenvalue weighted by Crippen LogP contribution is 2.15. The lowest BCUT2D eigenvalue weighted by Crippen LogP contribution is -2.52. The number of nitrogens with two attached hydrogens (primary N) is 1. The molecule has 1 aliphatic rings. The van der Waals surface area contributed by atoms with Gasteiger partial charge in [-0.15, -0.1) is 0 Å². The van der Waals surface area contributed by atoms with E-state index < -0.39 is 0 Å². The molecular weight excluding hydrogens is 172 g/mol. The van der Waals surface area contributed by atoms with Crippen molar-refractivity contribution in [2.24, 2.45) is 10.8 Å². The Balaban J connectivity index is 2.58. The summed E-state index contributed by atoms with van der Waals surface area (Å²) in [6, 6.07) is 0.526. The van der Waals surface area contributed by atoms with Crippen molar-refractivity contribution in [2.75, 3.05) is 25.1 Å². The normalized spacial score (nSPS) is 25.8. The Bertz CT molecular complexity index is 171. The van der Waals surface area contributed by atoms with E-state index in [1.165, 1.54) is 0 Å². The summed E-state index contributed by atoms with van der Waals surface area (Å²) in [4.78, 5) is 6.28. The topological polar surface area (TPSA) is 53.6 Å². The van der Waals surface area contributed by atoms with Crippen molar-refractivity contribution in [3.05, 3.63) is 0 Å². The van der Waals surface area contributed by atoms with Crippen LogP contribution in [-0.2, 0) is 0 Å². The van der Waals surface area contributed by atoms with E-state index in [2.05, 4.69) is 22.2 Å². The van der Waals surface area contributed by atoms with Crippen LogP contribution in [0.2, 0.25) is 0 Å². The smallest absolute Gasteiger partial charge is 0.208 e. The lowest BCUT2D eigenvalue weighted by atomic mass is 10.3. The molecule has 1 atom stereocenters. The molecule has 12 heavy (non-hydrogen) atoms. The summed E-state index contributed by atoms with van der Waals surface area (Å²) < 4.78 is 0. The molecule has 0 aliphatic carbocycles. The molecule has 5 heteroatoms. The first-order valence-electron chi connectivity index (χ1n) is 4.07. The summed E-state index contributed by atoms with van der Waals surface area (Å²) in [7, 11) is 1.75. The molecule has 0 radical (unpaired) electrons. The van der Waals surface area contributed by atoms with Crippen LogP contribution in [0.25, 0.3) is 0 Å². The first-order chi connectivity index (χ1) is 5.79. The maximum absolute atomic E-state index is 5.35. The Morgan fingerprint density at radius 3 is 3.00 bits per heavy atom. The average molecular weight is 188 g/mol. The van der Waals surface area contributed by atoms with Gasteiger partial charge in [0.05, 0.1) is 0 Å². The monoisotopic (exact) mass is 188 g/mol. The molecule has 1 rings (SSSR count). The van der Waals surface area contributed by atoms with Crippen LogP contribution in [0, 0.1) is 0 Å². The van der Waals surface area contributed by atoms with Crippen molar-refractivity contribution >= 4 is 17.7 Å². The molecule has 1 saturated heterocycles. The lowest BCUT2D eigenvalue weighted by Gasteiger charge is -2.34. The third-order valence-corrected chi connectivity index (χ3v) is 3.17. The van der Waals surface area contributed by atoms with Gasteiger partial charge in [-0.25, -0.2) is 5.84 Å². The molecule has 4 nitrogen and oxygen atoms in total. The maximum Gasteiger partial charge on any atom is 0.208 e. The third-order valence-electron chi connectivity index (χ3n) is 1.98. The molecular formula is C7H16N4S. The second-order valence-electron chi connectivity index (χ2n) is 2.81. The van der Waals surface area contributed by atoms with Crippen LogP contribution < -0.4 is 11.3 Å². The van der Waals surface area contributed by atoms with Crippen molar-refractivity contribution in [3.63, 3.8) is 0 Å². The fraction of sp³-hybridized carbons (Fsp3) is 0.857. The SMILES string of the molecule is CN=C(NN)N1CCSCC1C. The fourth-order valence-corrected chi connectivity index (χ4v) is 2.33. The number of guanidine groups is 1. The second kappa shape index (κ2) is 4.57. The van der Waals surface area contributed by atoms with E-state index in [4.69, 9.17) is 5.84 Å². The van der Waals surface area contributed by atoms with Crippen LogP contribution in [0.3, 0.4) is 0 Å². The van der Waals surface area contributed by atoms with Gasteiger partial charge in [0, 0.05) is 31.1 Å². The van der Waals surface area contributed by atoms with E-state index in [0.29, 0.717) is 6.04 Å². The zero-order valence-electron chi connectivity index (χ0n) is 7.58. The van der Waals surface area contributed by atoms with Gasteiger partial charge in [0.1, 0.15) is 0 Å². The van der Waals surface area contributed by atoms with Gasteiger partial charge in [0.25, 0.3) is 0 Å². The quantitative estimate of drug-likeness (QED) is 0.241. The minimum absolute atomic E-state index is 0.526. The Hall–Kier alpha value is -0.420. The van der Waals surface area contributed by atoms with Crippen molar-refractivity contribution in [1.29, 1.82) is 0 Å². The lowest BCUT2D eigenvalue weighted by molar-refractivity contribution is 0.352. The van der Waals surface area contributed by atoms with Gasteiger partial charge < -0.3 is 4.90 Å². The summed E-state index contributed by atoms with van der Waals surface area (Å²) in [5.41, 5.74) is 2.62. The fourth-order valence-electron chi connectivity index (χ4n) is 1.32. The zero-order valence-corrected chi connectivity index (χ0v) is 8.40. The summed E-state index contributed by atoms with van der Waals surface area (Å²) in [5, 5.41) is 0. The van der Waals surface area contributed by atoms with Gasteiger partial charge in [-0.3, -0.25) is 10.4 Å². The number of hydrazine groups is 1. The molecule has 1 fully saturated rings. The molecule has 0 aromatic heterocycles. The Labute approximate surface area is 77.6 Å². The van der Waals surface area contributed by atoms with E-state index >= 15 is 0 Å². The van der Waals surface area contributed by atoms with Gasteiger partial charge >= 0.3 is 0 Å². The minimum atomic E-state index is 0.526. The molecule has 70 valence electrons. The number of thioether (sulfide) groups is 1. The summed E-state index contributed by atoms with van der Waals surface area (Å²) >= 11 is 1.98. The number of hydrogen-bond donors (Lipinski definition) is 2. The van der Waals surface area contributed by atoms with Crippen LogP contribution in [-0.4, -0.2) is 42.0 Å². The predicted molar refractivity (Wildman–Crippen MR) is 54.2 cm³/mol.